The molecule has 10 nitrogen and oxygen atoms in total. The summed E-state index contributed by atoms with van der Waals surface area (Å²) in [5, 5.41) is 6.30. The van der Waals surface area contributed by atoms with Gasteiger partial charge in [-0.05, 0) is 36.7 Å². The first-order valence-electron chi connectivity index (χ1n) is 13.5. The highest BCUT2D eigenvalue weighted by atomic mass is 19.1. The quantitative estimate of drug-likeness (QED) is 0.382. The summed E-state index contributed by atoms with van der Waals surface area (Å²) >= 11 is 0. The van der Waals surface area contributed by atoms with Crippen LogP contribution >= 0.6 is 0 Å². The van der Waals surface area contributed by atoms with Gasteiger partial charge < -0.3 is 14.8 Å². The van der Waals surface area contributed by atoms with Crippen LogP contribution in [0.2, 0.25) is 0 Å². The molecule has 2 fully saturated rings. The molecule has 0 aliphatic carbocycles. The van der Waals surface area contributed by atoms with E-state index >= 15 is 4.39 Å². The second-order valence-corrected chi connectivity index (χ2v) is 11.1. The Bertz CT molecular complexity index is 1820. The molecule has 2 saturated heterocycles. The normalized spacial score (nSPS) is 24.6. The molecule has 3 amide bonds. The minimum Gasteiger partial charge on any atom is -0.335 e. The van der Waals surface area contributed by atoms with Crippen molar-refractivity contribution in [3.63, 3.8) is 0 Å². The molecule has 4 aliphatic rings. The number of piperazine rings is 1. The summed E-state index contributed by atoms with van der Waals surface area (Å²) < 4.78 is 18.9. The third-order valence-electron chi connectivity index (χ3n) is 8.97. The predicted octanol–water partition coefficient (Wildman–Crippen LogP) is 1.38. The zero-order valence-electron chi connectivity index (χ0n) is 21.7. The first kappa shape index (κ1) is 23.5. The van der Waals surface area contributed by atoms with Gasteiger partial charge in [0.1, 0.15) is 11.7 Å². The van der Waals surface area contributed by atoms with E-state index in [0.717, 1.165) is 18.5 Å². The van der Waals surface area contributed by atoms with Crippen molar-refractivity contribution in [1.29, 1.82) is 0 Å². The largest absolute Gasteiger partial charge is 0.335 e. The molecule has 3 aromatic heterocycles. The highest BCUT2D eigenvalue weighted by Gasteiger charge is 2.45. The summed E-state index contributed by atoms with van der Waals surface area (Å²) in [5.74, 6) is -1.56. The van der Waals surface area contributed by atoms with Gasteiger partial charge in [0.15, 0.2) is 5.95 Å². The number of carbonyl (C=O) groups is 3. The SMILES string of the molecule is CN1C[C@H]2C[C@@H]1CN2C(=O)C1Cn2c(F)cc3c(C4=C(c5cnc6ccccn56)C(=O)NC4=O)ccc(c32)CN1. The van der Waals surface area contributed by atoms with Gasteiger partial charge in [0.2, 0.25) is 5.91 Å². The lowest BCUT2D eigenvalue weighted by Crippen LogP contribution is -2.54. The number of amides is 3. The van der Waals surface area contributed by atoms with Crippen molar-refractivity contribution in [2.75, 3.05) is 20.1 Å². The number of fused-ring (bicyclic) bond motifs is 3. The van der Waals surface area contributed by atoms with Gasteiger partial charge in [-0.1, -0.05) is 18.2 Å². The maximum atomic E-state index is 15.6. The molecule has 0 radical (unpaired) electrons. The van der Waals surface area contributed by atoms with E-state index in [1.54, 1.807) is 22.9 Å². The maximum absolute atomic E-state index is 15.6. The summed E-state index contributed by atoms with van der Waals surface area (Å²) in [6.45, 7) is 2.07. The van der Waals surface area contributed by atoms with E-state index in [1.165, 1.54) is 10.6 Å². The summed E-state index contributed by atoms with van der Waals surface area (Å²) in [5.41, 5.74) is 3.40. The summed E-state index contributed by atoms with van der Waals surface area (Å²) in [6, 6.07) is 10.5. The number of nitrogens with one attached hydrogen (secondary N) is 2. The van der Waals surface area contributed by atoms with Gasteiger partial charge in [-0.15, -0.1) is 0 Å². The van der Waals surface area contributed by atoms with Crippen molar-refractivity contribution in [1.82, 2.24) is 34.4 Å². The van der Waals surface area contributed by atoms with Gasteiger partial charge in [-0.25, -0.2) is 4.98 Å². The topological polar surface area (TPSA) is 104 Å². The van der Waals surface area contributed by atoms with Crippen molar-refractivity contribution in [3.8, 4) is 0 Å². The lowest BCUT2D eigenvalue weighted by molar-refractivity contribution is -0.136. The molecule has 7 heterocycles. The Labute approximate surface area is 228 Å². The second-order valence-electron chi connectivity index (χ2n) is 11.1. The van der Waals surface area contributed by atoms with Gasteiger partial charge in [0.25, 0.3) is 11.8 Å². The number of hydrogen-bond donors (Lipinski definition) is 2. The number of likely N-dealkylation sites (N-methyl/N-ethyl adjacent to an activating group) is 1. The Morgan fingerprint density at radius 2 is 1.90 bits per heavy atom. The number of imidazole rings is 1. The van der Waals surface area contributed by atoms with Crippen LogP contribution in [-0.4, -0.2) is 79.7 Å². The number of halogens is 1. The molecular formula is C29H26FN7O3. The Balaban J connectivity index is 1.23. The molecule has 11 heteroatoms. The highest BCUT2D eigenvalue weighted by Crippen LogP contribution is 2.38. The fourth-order valence-corrected chi connectivity index (χ4v) is 7.02. The van der Waals surface area contributed by atoms with Crippen LogP contribution in [0, 0.1) is 5.95 Å². The van der Waals surface area contributed by atoms with E-state index in [4.69, 9.17) is 0 Å². The van der Waals surface area contributed by atoms with E-state index in [2.05, 4.69) is 27.6 Å². The monoisotopic (exact) mass is 539 g/mol. The summed E-state index contributed by atoms with van der Waals surface area (Å²) in [6.07, 6.45) is 4.32. The second kappa shape index (κ2) is 8.33. The number of rotatable bonds is 3. The molecule has 40 heavy (non-hydrogen) atoms. The van der Waals surface area contributed by atoms with Gasteiger partial charge >= 0.3 is 0 Å². The van der Waals surface area contributed by atoms with Crippen LogP contribution in [0.4, 0.5) is 4.39 Å². The van der Waals surface area contributed by atoms with E-state index < -0.39 is 23.8 Å². The number of benzene rings is 1. The Kier molecular flexibility index (Phi) is 4.90. The number of nitrogens with zero attached hydrogens (tertiary/aromatic N) is 5. The molecule has 4 aromatic rings. The zero-order valence-corrected chi connectivity index (χ0v) is 21.7. The molecule has 1 unspecified atom stereocenters. The molecule has 2 N–H and O–H groups in total. The number of likely N-dealkylation sites (tertiary alicyclic amines) is 2. The molecular weight excluding hydrogens is 513 g/mol. The Morgan fingerprint density at radius 3 is 2.70 bits per heavy atom. The molecule has 3 atom stereocenters. The van der Waals surface area contributed by atoms with Crippen molar-refractivity contribution in [2.24, 2.45) is 0 Å². The standard InChI is InChI=1S/C29H26FN7O3/c1-34-12-17-8-16(34)13-36(17)29(40)20-14-37-22(30)9-19-18(6-5-15(10-31-20)26(19)37)24-25(28(39)33-27(24)38)21-11-32-23-4-2-3-7-35(21)23/h2-7,9,11,16-17,20,31H,8,10,12-14H2,1H3,(H,33,38,39)/t16-,17-,20?/m1/s1. The minimum absolute atomic E-state index is 0.00625. The smallest absolute Gasteiger partial charge is 0.261 e. The van der Waals surface area contributed by atoms with Crippen LogP contribution in [0.25, 0.3) is 27.7 Å². The van der Waals surface area contributed by atoms with E-state index in [9.17, 15) is 14.4 Å². The van der Waals surface area contributed by atoms with Gasteiger partial charge in [0.05, 0.1) is 28.6 Å². The molecule has 4 aliphatic heterocycles. The van der Waals surface area contributed by atoms with E-state index in [1.807, 2.05) is 29.2 Å². The number of pyridine rings is 1. The van der Waals surface area contributed by atoms with Crippen LogP contribution in [-0.2, 0) is 27.5 Å². The number of imide groups is 1. The van der Waals surface area contributed by atoms with Gasteiger partial charge in [-0.2, -0.15) is 4.39 Å². The first-order valence-corrected chi connectivity index (χ1v) is 13.5. The van der Waals surface area contributed by atoms with E-state index in [0.29, 0.717) is 46.9 Å². The Morgan fingerprint density at radius 1 is 1.05 bits per heavy atom. The van der Waals surface area contributed by atoms with Crippen molar-refractivity contribution in [3.05, 3.63) is 71.6 Å². The van der Waals surface area contributed by atoms with Crippen molar-refractivity contribution >= 4 is 45.4 Å². The van der Waals surface area contributed by atoms with Gasteiger partial charge in [0, 0.05) is 55.9 Å². The molecule has 0 saturated carbocycles. The Hall–Kier alpha value is -4.35. The van der Waals surface area contributed by atoms with E-state index in [-0.39, 0.29) is 29.6 Å². The summed E-state index contributed by atoms with van der Waals surface area (Å²) in [4.78, 5) is 48.5. The summed E-state index contributed by atoms with van der Waals surface area (Å²) in [7, 11) is 2.09. The highest BCUT2D eigenvalue weighted by molar-refractivity contribution is 6.49. The molecule has 2 bridgehead atoms. The average molecular weight is 540 g/mol. The van der Waals surface area contributed by atoms with Crippen molar-refractivity contribution in [2.45, 2.75) is 37.6 Å². The third-order valence-corrected chi connectivity index (χ3v) is 8.97. The van der Waals surface area contributed by atoms with Crippen LogP contribution < -0.4 is 10.6 Å². The van der Waals surface area contributed by atoms with Crippen LogP contribution in [0.1, 0.15) is 23.2 Å². The fourth-order valence-electron chi connectivity index (χ4n) is 7.02. The van der Waals surface area contributed by atoms with Crippen molar-refractivity contribution < 1.29 is 18.8 Å². The zero-order chi connectivity index (χ0) is 27.3. The number of aromatic nitrogens is 3. The van der Waals surface area contributed by atoms with Crippen LogP contribution in [0.15, 0.2) is 48.8 Å². The number of carbonyl (C=O) groups excluding carboxylic acids is 3. The number of hydrogen-bond acceptors (Lipinski definition) is 6. The molecule has 0 spiro atoms. The minimum atomic E-state index is -0.574. The predicted molar refractivity (Wildman–Crippen MR) is 144 cm³/mol. The average Bonchev–Trinajstić information content (AvgIpc) is 3.73. The van der Waals surface area contributed by atoms with Crippen LogP contribution in [0.3, 0.4) is 0 Å². The fraction of sp³-hybridized carbons (Fsp3) is 0.310. The molecule has 202 valence electrons. The van der Waals surface area contributed by atoms with Gasteiger partial charge in [-0.3, -0.25) is 29.0 Å². The molecule has 8 rings (SSSR count). The van der Waals surface area contributed by atoms with Crippen LogP contribution in [0.5, 0.6) is 0 Å². The first-order chi connectivity index (χ1) is 19.4. The maximum Gasteiger partial charge on any atom is 0.261 e. The lowest BCUT2D eigenvalue weighted by Gasteiger charge is -2.34. The lowest BCUT2D eigenvalue weighted by atomic mass is 9.95. The third kappa shape index (κ3) is 3.21. The molecule has 1 aromatic carbocycles.